The molecular weight excluding hydrogens is 644 g/mol. The Hall–Kier alpha value is -5.80. The molecule has 4 amide bonds. The van der Waals surface area contributed by atoms with Crippen LogP contribution in [0.3, 0.4) is 0 Å². The van der Waals surface area contributed by atoms with Crippen LogP contribution in [-0.2, 0) is 22.7 Å². The van der Waals surface area contributed by atoms with Crippen LogP contribution in [0.5, 0.6) is 0 Å². The van der Waals surface area contributed by atoms with Gasteiger partial charge in [0.15, 0.2) is 0 Å². The summed E-state index contributed by atoms with van der Waals surface area (Å²) in [4.78, 5) is 62.5. The number of aryl methyl sites for hydroxylation is 2. The maximum absolute atomic E-state index is 13.4. The number of piperidine rings is 1. The highest BCUT2D eigenvalue weighted by atomic mass is 16.2. The first-order chi connectivity index (χ1) is 24.7. The molecule has 3 N–H and O–H groups in total. The van der Waals surface area contributed by atoms with Crippen LogP contribution in [0.25, 0.3) is 21.8 Å². The SMILES string of the molecule is Cc1nn(CCCC#Cc2cccc3c2CN(C2CCC(=O)NC2=O)C3=O)c2cc(C(=O)Nc3cc4[nH]c([C@H]5CCCN5C)cc4cn3)ccc12. The highest BCUT2D eigenvalue weighted by molar-refractivity contribution is 6.07. The number of H-pyrrole nitrogens is 1. The summed E-state index contributed by atoms with van der Waals surface area (Å²) in [6.07, 6.45) is 5.97. The number of amides is 4. The number of rotatable bonds is 7. The normalized spacial score (nSPS) is 19.0. The fourth-order valence-corrected chi connectivity index (χ4v) is 7.62. The predicted molar refractivity (Wildman–Crippen MR) is 192 cm³/mol. The Morgan fingerprint density at radius 2 is 1.96 bits per heavy atom. The number of carbonyl (C=O) groups excluding carboxylic acids is 4. The van der Waals surface area contributed by atoms with Crippen LogP contribution in [-0.4, -0.2) is 72.8 Å². The molecule has 2 atom stereocenters. The lowest BCUT2D eigenvalue weighted by Gasteiger charge is -2.29. The van der Waals surface area contributed by atoms with Crippen LogP contribution in [0.4, 0.5) is 5.82 Å². The lowest BCUT2D eigenvalue weighted by molar-refractivity contribution is -0.136. The summed E-state index contributed by atoms with van der Waals surface area (Å²) in [6.45, 7) is 3.95. The van der Waals surface area contributed by atoms with Crippen molar-refractivity contribution >= 4 is 51.3 Å². The van der Waals surface area contributed by atoms with Crippen LogP contribution in [0, 0.1) is 18.8 Å². The smallest absolute Gasteiger partial charge is 0.256 e. The zero-order valence-corrected chi connectivity index (χ0v) is 28.6. The molecule has 0 spiro atoms. The van der Waals surface area contributed by atoms with E-state index in [0.29, 0.717) is 42.4 Å². The summed E-state index contributed by atoms with van der Waals surface area (Å²) >= 11 is 0. The number of nitrogens with zero attached hydrogens (tertiary/aromatic N) is 5. The molecule has 0 saturated carbocycles. The Bertz CT molecular complexity index is 2310. The third-order valence-corrected chi connectivity index (χ3v) is 10.3. The lowest BCUT2D eigenvalue weighted by Crippen LogP contribution is -2.52. The van der Waals surface area contributed by atoms with Crippen molar-refractivity contribution < 1.29 is 19.2 Å². The molecule has 0 aliphatic carbocycles. The number of anilines is 1. The Kier molecular flexibility index (Phi) is 8.36. The van der Waals surface area contributed by atoms with E-state index in [1.54, 1.807) is 23.2 Å². The van der Waals surface area contributed by atoms with E-state index >= 15 is 0 Å². The second-order valence-electron chi connectivity index (χ2n) is 13.7. The number of unbranched alkanes of at least 4 members (excludes halogenated alkanes) is 1. The summed E-state index contributed by atoms with van der Waals surface area (Å²) in [7, 11) is 2.15. The minimum absolute atomic E-state index is 0.212. The van der Waals surface area contributed by atoms with E-state index in [-0.39, 0.29) is 30.7 Å². The molecule has 5 aromatic rings. The van der Waals surface area contributed by atoms with Gasteiger partial charge in [0.25, 0.3) is 11.8 Å². The van der Waals surface area contributed by atoms with Crippen molar-refractivity contribution in [2.45, 2.75) is 70.6 Å². The third-order valence-electron chi connectivity index (χ3n) is 10.3. The van der Waals surface area contributed by atoms with Gasteiger partial charge in [-0.2, -0.15) is 5.10 Å². The summed E-state index contributed by atoms with van der Waals surface area (Å²) < 4.78 is 1.92. The summed E-state index contributed by atoms with van der Waals surface area (Å²) in [5, 5.41) is 12.1. The monoisotopic (exact) mass is 682 g/mol. The van der Waals surface area contributed by atoms with Gasteiger partial charge in [0, 0.05) is 77.4 Å². The van der Waals surface area contributed by atoms with Gasteiger partial charge >= 0.3 is 0 Å². The molecule has 12 nitrogen and oxygen atoms in total. The zero-order chi connectivity index (χ0) is 35.2. The third kappa shape index (κ3) is 6.14. The van der Waals surface area contributed by atoms with Gasteiger partial charge in [-0.3, -0.25) is 34.1 Å². The van der Waals surface area contributed by atoms with E-state index in [0.717, 1.165) is 58.0 Å². The first-order valence-corrected chi connectivity index (χ1v) is 17.5. The number of nitrogens with one attached hydrogen (secondary N) is 3. The zero-order valence-electron chi connectivity index (χ0n) is 28.6. The summed E-state index contributed by atoms with van der Waals surface area (Å²) in [5.41, 5.74) is 6.52. The largest absolute Gasteiger partial charge is 0.357 e. The van der Waals surface area contributed by atoms with Crippen molar-refractivity contribution in [3.63, 3.8) is 0 Å². The highest BCUT2D eigenvalue weighted by Crippen LogP contribution is 2.33. The number of hydrogen-bond acceptors (Lipinski definition) is 7. The average molecular weight is 683 g/mol. The number of benzene rings is 2. The topological polar surface area (TPSA) is 145 Å². The van der Waals surface area contributed by atoms with Crippen LogP contribution in [0.15, 0.2) is 54.7 Å². The minimum atomic E-state index is -0.662. The van der Waals surface area contributed by atoms with Crippen molar-refractivity contribution in [1.29, 1.82) is 0 Å². The molecule has 2 aromatic carbocycles. The maximum atomic E-state index is 13.4. The molecule has 8 rings (SSSR count). The van der Waals surface area contributed by atoms with Crippen LogP contribution in [0.2, 0.25) is 0 Å². The molecule has 6 heterocycles. The van der Waals surface area contributed by atoms with E-state index in [1.165, 1.54) is 12.1 Å². The van der Waals surface area contributed by atoms with Crippen molar-refractivity contribution in [2.75, 3.05) is 18.9 Å². The average Bonchev–Trinajstić information content (AvgIpc) is 3.89. The second kappa shape index (κ2) is 13.2. The van der Waals surface area contributed by atoms with Crippen LogP contribution < -0.4 is 10.6 Å². The molecular formula is C39H38N8O4. The van der Waals surface area contributed by atoms with Crippen molar-refractivity contribution in [3.05, 3.63) is 88.4 Å². The molecule has 2 fully saturated rings. The number of likely N-dealkylation sites (tertiary alicyclic amines) is 1. The van der Waals surface area contributed by atoms with Gasteiger partial charge in [0.2, 0.25) is 11.8 Å². The number of aromatic nitrogens is 4. The molecule has 1 unspecified atom stereocenters. The molecule has 3 aromatic heterocycles. The van der Waals surface area contributed by atoms with E-state index < -0.39 is 11.9 Å². The van der Waals surface area contributed by atoms with Crippen LogP contribution in [0.1, 0.15) is 87.8 Å². The van der Waals surface area contributed by atoms with Gasteiger partial charge < -0.3 is 15.2 Å². The quantitative estimate of drug-likeness (QED) is 0.127. The second-order valence-corrected chi connectivity index (χ2v) is 13.7. The molecule has 3 aliphatic heterocycles. The van der Waals surface area contributed by atoms with Gasteiger partial charge in [-0.15, -0.1) is 0 Å². The molecule has 12 heteroatoms. The molecule has 258 valence electrons. The number of fused-ring (bicyclic) bond motifs is 3. The van der Waals surface area contributed by atoms with Crippen LogP contribution >= 0.6 is 0 Å². The highest BCUT2D eigenvalue weighted by Gasteiger charge is 2.39. The van der Waals surface area contributed by atoms with Gasteiger partial charge in [-0.25, -0.2) is 4.98 Å². The molecule has 0 bridgehead atoms. The molecule has 3 aliphatic rings. The fraction of sp³-hybridized carbons (Fsp3) is 0.333. The maximum Gasteiger partial charge on any atom is 0.256 e. The van der Waals surface area contributed by atoms with E-state index in [1.807, 2.05) is 41.9 Å². The number of aromatic amines is 1. The molecule has 2 saturated heterocycles. The van der Waals surface area contributed by atoms with Crippen molar-refractivity contribution in [3.8, 4) is 11.8 Å². The standard InChI is InChI=1S/C39H38N8O4/c1-23-27-13-12-25(37(49)42-35-20-30-26(21-40-35)18-31(41-30)32-11-7-16-45(32)2)19-34(27)47(44-23)17-5-3-4-8-24-9-6-10-28-29(24)22-46(39(28)51)33-14-15-36(48)43-38(33)50/h6,9-10,12-13,18-21,32-33,41H,3,5,7,11,14-17,22H2,1-2H3,(H,40,42,49)(H,43,48,50)/t32-,33?/m1/s1. The first kappa shape index (κ1) is 32.4. The fourth-order valence-electron chi connectivity index (χ4n) is 7.62. The number of hydrogen-bond donors (Lipinski definition) is 3. The Morgan fingerprint density at radius 1 is 1.08 bits per heavy atom. The minimum Gasteiger partial charge on any atom is -0.357 e. The molecule has 0 radical (unpaired) electrons. The number of pyridine rings is 1. The van der Waals surface area contributed by atoms with Crippen molar-refractivity contribution in [1.82, 2.24) is 34.9 Å². The Labute approximate surface area is 294 Å². The lowest BCUT2D eigenvalue weighted by atomic mass is 10.0. The Morgan fingerprint density at radius 3 is 2.78 bits per heavy atom. The van der Waals surface area contributed by atoms with E-state index in [9.17, 15) is 19.2 Å². The number of imide groups is 1. The number of carbonyl (C=O) groups is 4. The Balaban J connectivity index is 0.921. The van der Waals surface area contributed by atoms with Crippen molar-refractivity contribution in [2.24, 2.45) is 0 Å². The van der Waals surface area contributed by atoms with Gasteiger partial charge in [-0.05, 0) is 82.1 Å². The van der Waals surface area contributed by atoms with Gasteiger partial charge in [0.05, 0.1) is 16.7 Å². The summed E-state index contributed by atoms with van der Waals surface area (Å²) in [6, 6.07) is 14.8. The van der Waals surface area contributed by atoms with E-state index in [2.05, 4.69) is 50.5 Å². The van der Waals surface area contributed by atoms with E-state index in [4.69, 9.17) is 5.10 Å². The van der Waals surface area contributed by atoms with Gasteiger partial charge in [0.1, 0.15) is 11.9 Å². The summed E-state index contributed by atoms with van der Waals surface area (Å²) in [5.74, 6) is 5.78. The predicted octanol–water partition coefficient (Wildman–Crippen LogP) is 4.83. The molecule has 51 heavy (non-hydrogen) atoms. The first-order valence-electron chi connectivity index (χ1n) is 17.5. The van der Waals surface area contributed by atoms with Gasteiger partial charge in [-0.1, -0.05) is 24.0 Å².